The molecule has 2 aromatic rings. The Morgan fingerprint density at radius 1 is 1.09 bits per heavy atom. The number of ketones is 1. The average molecular weight is 326 g/mol. The molecule has 1 aliphatic heterocycles. The number of fused-ring (bicyclic) bond motifs is 1. The van der Waals surface area contributed by atoms with Gasteiger partial charge >= 0.3 is 0 Å². The number of Topliss-reactive ketones (excluding diaryl/α,β-unsaturated/α-hetero) is 1. The molecule has 0 fully saturated rings. The van der Waals surface area contributed by atoms with E-state index >= 15 is 0 Å². The van der Waals surface area contributed by atoms with Crippen molar-refractivity contribution in [2.75, 3.05) is 23.0 Å². The van der Waals surface area contributed by atoms with Crippen LogP contribution in [0.1, 0.15) is 22.5 Å². The van der Waals surface area contributed by atoms with Gasteiger partial charge in [0.25, 0.3) is 0 Å². The molecule has 118 valence electrons. The third-order valence-corrected chi connectivity index (χ3v) is 4.73. The maximum absolute atomic E-state index is 12.4. The van der Waals surface area contributed by atoms with E-state index in [1.165, 1.54) is 11.8 Å². The van der Waals surface area contributed by atoms with Crippen LogP contribution in [0.5, 0.6) is 0 Å². The summed E-state index contributed by atoms with van der Waals surface area (Å²) in [4.78, 5) is 30.6. The summed E-state index contributed by atoms with van der Waals surface area (Å²) in [6, 6.07) is 13.0. The summed E-state index contributed by atoms with van der Waals surface area (Å²) in [5.41, 5.74) is 2.59. The van der Waals surface area contributed by atoms with Gasteiger partial charge in [-0.05, 0) is 25.0 Å². The molecule has 0 atom stereocenters. The number of anilines is 1. The van der Waals surface area contributed by atoms with E-state index < -0.39 is 0 Å². The summed E-state index contributed by atoms with van der Waals surface area (Å²) in [5, 5.41) is 0. The first kappa shape index (κ1) is 15.7. The molecule has 23 heavy (non-hydrogen) atoms. The lowest BCUT2D eigenvalue weighted by Crippen LogP contribution is -2.37. The quantitative estimate of drug-likeness (QED) is 0.793. The van der Waals surface area contributed by atoms with Gasteiger partial charge in [0.05, 0.1) is 22.9 Å². The molecule has 0 bridgehead atoms. The van der Waals surface area contributed by atoms with Crippen LogP contribution < -0.4 is 4.90 Å². The van der Waals surface area contributed by atoms with E-state index in [9.17, 15) is 9.59 Å². The topological polar surface area (TPSA) is 50.3 Å². The second kappa shape index (κ2) is 7.42. The van der Waals surface area contributed by atoms with E-state index in [1.54, 1.807) is 23.2 Å². The largest absolute Gasteiger partial charge is 0.310 e. The highest BCUT2D eigenvalue weighted by atomic mass is 32.2. The summed E-state index contributed by atoms with van der Waals surface area (Å²) < 4.78 is 0. The minimum absolute atomic E-state index is 0.0461. The lowest BCUT2D eigenvalue weighted by atomic mass is 10.1. The zero-order valence-electron chi connectivity index (χ0n) is 12.8. The second-order valence-electron chi connectivity index (χ2n) is 5.40. The predicted octanol–water partition coefficient (Wildman–Crippen LogP) is 2.98. The lowest BCUT2D eigenvalue weighted by molar-refractivity contribution is -0.116. The highest BCUT2D eigenvalue weighted by molar-refractivity contribution is 8.00. The molecule has 0 unspecified atom stereocenters. The number of aromatic nitrogens is 1. The van der Waals surface area contributed by atoms with Crippen LogP contribution in [0, 0.1) is 0 Å². The Labute approximate surface area is 139 Å². The monoisotopic (exact) mass is 326 g/mol. The van der Waals surface area contributed by atoms with Gasteiger partial charge in [-0.3, -0.25) is 14.6 Å². The number of hydrogen-bond acceptors (Lipinski definition) is 4. The van der Waals surface area contributed by atoms with Crippen LogP contribution in [0.3, 0.4) is 0 Å². The van der Waals surface area contributed by atoms with Gasteiger partial charge in [-0.1, -0.05) is 30.3 Å². The van der Waals surface area contributed by atoms with Crippen LogP contribution in [0.25, 0.3) is 0 Å². The Morgan fingerprint density at radius 3 is 2.74 bits per heavy atom. The standard InChI is InChI=1S/C18H18N2O2S/c21-17(14-6-2-1-3-7-14)12-23-13-18(22)20-11-5-8-15-16(20)9-4-10-19-15/h1-4,6-7,9-10H,5,8,11-13H2. The van der Waals surface area contributed by atoms with E-state index in [4.69, 9.17) is 0 Å². The van der Waals surface area contributed by atoms with Crippen LogP contribution in [0.15, 0.2) is 48.7 Å². The maximum atomic E-state index is 12.4. The maximum Gasteiger partial charge on any atom is 0.237 e. The van der Waals surface area contributed by atoms with Crippen molar-refractivity contribution in [2.24, 2.45) is 0 Å². The normalized spacial score (nSPS) is 13.5. The third kappa shape index (κ3) is 3.79. The first-order valence-electron chi connectivity index (χ1n) is 7.66. The molecule has 0 saturated heterocycles. The van der Waals surface area contributed by atoms with Crippen molar-refractivity contribution in [1.82, 2.24) is 4.98 Å². The van der Waals surface area contributed by atoms with Crippen molar-refractivity contribution in [3.63, 3.8) is 0 Å². The summed E-state index contributed by atoms with van der Waals surface area (Å²) in [7, 11) is 0. The number of carbonyl (C=O) groups excluding carboxylic acids is 2. The molecule has 0 spiro atoms. The molecule has 0 aliphatic carbocycles. The Hall–Kier alpha value is -2.14. The molecule has 1 amide bonds. The molecule has 1 aliphatic rings. The van der Waals surface area contributed by atoms with Crippen molar-refractivity contribution in [3.05, 3.63) is 59.9 Å². The Kier molecular flexibility index (Phi) is 5.08. The molecule has 5 heteroatoms. The Balaban J connectivity index is 1.55. The summed E-state index contributed by atoms with van der Waals surface area (Å²) >= 11 is 1.37. The van der Waals surface area contributed by atoms with Crippen LogP contribution in [0.2, 0.25) is 0 Å². The van der Waals surface area contributed by atoms with E-state index in [-0.39, 0.29) is 11.7 Å². The van der Waals surface area contributed by atoms with Crippen molar-refractivity contribution in [2.45, 2.75) is 12.8 Å². The van der Waals surface area contributed by atoms with Crippen LogP contribution in [-0.4, -0.2) is 34.7 Å². The Morgan fingerprint density at radius 2 is 1.91 bits per heavy atom. The lowest BCUT2D eigenvalue weighted by Gasteiger charge is -2.28. The number of rotatable bonds is 5. The molecular weight excluding hydrogens is 308 g/mol. The van der Waals surface area contributed by atoms with E-state index in [1.807, 2.05) is 30.3 Å². The van der Waals surface area contributed by atoms with Gasteiger partial charge in [-0.2, -0.15) is 0 Å². The predicted molar refractivity (Wildman–Crippen MR) is 93.0 cm³/mol. The summed E-state index contributed by atoms with van der Waals surface area (Å²) in [6.45, 7) is 0.727. The van der Waals surface area contributed by atoms with Gasteiger partial charge in [0, 0.05) is 18.3 Å². The third-order valence-electron chi connectivity index (χ3n) is 3.81. The van der Waals surface area contributed by atoms with E-state index in [2.05, 4.69) is 4.98 Å². The summed E-state index contributed by atoms with van der Waals surface area (Å²) in [5.74, 6) is 0.741. The van der Waals surface area contributed by atoms with Crippen LogP contribution >= 0.6 is 11.8 Å². The molecule has 4 nitrogen and oxygen atoms in total. The minimum Gasteiger partial charge on any atom is -0.310 e. The van der Waals surface area contributed by atoms with Gasteiger partial charge in [-0.15, -0.1) is 11.8 Å². The van der Waals surface area contributed by atoms with Crippen LogP contribution in [0.4, 0.5) is 5.69 Å². The van der Waals surface area contributed by atoms with Crippen molar-refractivity contribution in [3.8, 4) is 0 Å². The molecule has 0 saturated carbocycles. The molecule has 1 aromatic carbocycles. The number of aryl methyl sites for hydroxylation is 1. The summed E-state index contributed by atoms with van der Waals surface area (Å²) in [6.07, 6.45) is 3.61. The number of nitrogens with zero attached hydrogens (tertiary/aromatic N) is 2. The second-order valence-corrected chi connectivity index (χ2v) is 6.39. The molecular formula is C18H18N2O2S. The highest BCUT2D eigenvalue weighted by Gasteiger charge is 2.23. The molecule has 0 radical (unpaired) electrons. The van der Waals surface area contributed by atoms with Crippen molar-refractivity contribution in [1.29, 1.82) is 0 Å². The average Bonchev–Trinajstić information content (AvgIpc) is 2.61. The van der Waals surface area contributed by atoms with Crippen LogP contribution in [-0.2, 0) is 11.2 Å². The fourth-order valence-corrected chi connectivity index (χ4v) is 3.45. The van der Waals surface area contributed by atoms with Gasteiger partial charge in [0.2, 0.25) is 5.91 Å². The van der Waals surface area contributed by atoms with Gasteiger partial charge < -0.3 is 4.90 Å². The van der Waals surface area contributed by atoms with Gasteiger partial charge in [-0.25, -0.2) is 0 Å². The van der Waals surface area contributed by atoms with Crippen molar-refractivity contribution >= 4 is 29.1 Å². The van der Waals surface area contributed by atoms with Gasteiger partial charge in [0.1, 0.15) is 0 Å². The number of carbonyl (C=O) groups is 2. The van der Waals surface area contributed by atoms with Gasteiger partial charge in [0.15, 0.2) is 5.78 Å². The molecule has 2 heterocycles. The fraction of sp³-hybridized carbons (Fsp3) is 0.278. The minimum atomic E-state index is 0.0461. The van der Waals surface area contributed by atoms with Crippen molar-refractivity contribution < 1.29 is 9.59 Å². The van der Waals surface area contributed by atoms with E-state index in [0.29, 0.717) is 17.1 Å². The molecule has 3 rings (SSSR count). The highest BCUT2D eigenvalue weighted by Crippen LogP contribution is 2.25. The first-order valence-corrected chi connectivity index (χ1v) is 8.81. The SMILES string of the molecule is O=C(CSCC(=O)N1CCCc2ncccc21)c1ccccc1. The smallest absolute Gasteiger partial charge is 0.237 e. The number of hydrogen-bond donors (Lipinski definition) is 0. The number of amides is 1. The first-order chi connectivity index (χ1) is 11.3. The Bertz CT molecular complexity index is 703. The van der Waals surface area contributed by atoms with E-state index in [0.717, 1.165) is 30.8 Å². The molecule has 0 N–H and O–H groups in total. The fourth-order valence-electron chi connectivity index (χ4n) is 2.67. The molecule has 1 aromatic heterocycles. The number of thioether (sulfide) groups is 1. The zero-order chi connectivity index (χ0) is 16.1. The number of pyridine rings is 1. The zero-order valence-corrected chi connectivity index (χ0v) is 13.6. The number of benzene rings is 1.